The molecule has 1 aliphatic carbocycles. The van der Waals surface area contributed by atoms with Crippen molar-refractivity contribution in [2.45, 2.75) is 63.6 Å². The Bertz CT molecular complexity index is 384. The topological polar surface area (TPSA) is 81.7 Å². The van der Waals surface area contributed by atoms with Crippen molar-refractivity contribution in [3.05, 3.63) is 0 Å². The third-order valence-corrected chi connectivity index (χ3v) is 4.23. The van der Waals surface area contributed by atoms with Crippen LogP contribution >= 0.6 is 0 Å². The van der Waals surface area contributed by atoms with Gasteiger partial charge < -0.3 is 15.7 Å². The molecule has 0 aromatic heterocycles. The van der Waals surface area contributed by atoms with Gasteiger partial charge in [-0.1, -0.05) is 13.3 Å². The van der Waals surface area contributed by atoms with Crippen LogP contribution in [0.1, 0.15) is 46.0 Å². The van der Waals surface area contributed by atoms with Crippen molar-refractivity contribution in [3.63, 3.8) is 0 Å². The second kappa shape index (κ2) is 5.99. The Balaban J connectivity index is 1.80. The van der Waals surface area contributed by atoms with Crippen LogP contribution in [0.4, 0.5) is 4.79 Å². The summed E-state index contributed by atoms with van der Waals surface area (Å²) in [4.78, 5) is 25.7. The van der Waals surface area contributed by atoms with Crippen LogP contribution < -0.4 is 10.6 Å². The van der Waals surface area contributed by atoms with E-state index in [2.05, 4.69) is 15.5 Å². The zero-order valence-corrected chi connectivity index (χ0v) is 12.3. The second-order valence-corrected chi connectivity index (χ2v) is 6.20. The highest BCUT2D eigenvalue weighted by Gasteiger charge is 2.37. The Kier molecular flexibility index (Phi) is 4.52. The number of carboxylic acid groups (broad SMARTS) is 1. The van der Waals surface area contributed by atoms with E-state index in [9.17, 15) is 14.7 Å². The molecular formula is C14H25N3O3. The van der Waals surface area contributed by atoms with Gasteiger partial charge in [0.15, 0.2) is 0 Å². The molecule has 2 rings (SSSR count). The maximum atomic E-state index is 12.0. The van der Waals surface area contributed by atoms with Crippen LogP contribution in [-0.4, -0.2) is 52.7 Å². The first-order valence-corrected chi connectivity index (χ1v) is 7.50. The summed E-state index contributed by atoms with van der Waals surface area (Å²) < 4.78 is 0. The van der Waals surface area contributed by atoms with Crippen LogP contribution in [0.5, 0.6) is 0 Å². The van der Waals surface area contributed by atoms with E-state index >= 15 is 0 Å². The number of hydrogen-bond acceptors (Lipinski definition) is 3. The van der Waals surface area contributed by atoms with E-state index in [1.54, 1.807) is 6.92 Å². The van der Waals surface area contributed by atoms with Gasteiger partial charge in [-0.15, -0.1) is 0 Å². The van der Waals surface area contributed by atoms with Crippen molar-refractivity contribution in [3.8, 4) is 0 Å². The van der Waals surface area contributed by atoms with Crippen LogP contribution in [0.25, 0.3) is 0 Å². The van der Waals surface area contributed by atoms with E-state index in [1.165, 1.54) is 12.8 Å². The molecule has 0 bridgehead atoms. The molecule has 2 unspecified atom stereocenters. The predicted octanol–water partition coefficient (Wildman–Crippen LogP) is 1.17. The molecule has 0 aromatic carbocycles. The van der Waals surface area contributed by atoms with Crippen LogP contribution in [-0.2, 0) is 4.79 Å². The molecule has 3 N–H and O–H groups in total. The lowest BCUT2D eigenvalue weighted by molar-refractivity contribution is -0.144. The van der Waals surface area contributed by atoms with E-state index in [0.29, 0.717) is 18.9 Å². The van der Waals surface area contributed by atoms with Gasteiger partial charge in [0.25, 0.3) is 0 Å². The molecular weight excluding hydrogens is 258 g/mol. The number of nitrogens with one attached hydrogen (secondary N) is 2. The molecule has 2 amide bonds. The van der Waals surface area contributed by atoms with Crippen LogP contribution in [0.15, 0.2) is 0 Å². The highest BCUT2D eigenvalue weighted by molar-refractivity contribution is 5.85. The first-order valence-electron chi connectivity index (χ1n) is 7.50. The lowest BCUT2D eigenvalue weighted by Crippen LogP contribution is -2.56. The van der Waals surface area contributed by atoms with Crippen LogP contribution in [0, 0.1) is 0 Å². The summed E-state index contributed by atoms with van der Waals surface area (Å²) in [7, 11) is 0. The number of carbonyl (C=O) groups is 2. The summed E-state index contributed by atoms with van der Waals surface area (Å²) in [5.74, 6) is -0.986. The fourth-order valence-corrected chi connectivity index (χ4v) is 2.87. The average molecular weight is 283 g/mol. The number of amides is 2. The Morgan fingerprint density at radius 2 is 2.05 bits per heavy atom. The summed E-state index contributed by atoms with van der Waals surface area (Å²) in [6.07, 6.45) is 4.62. The molecule has 0 aromatic rings. The average Bonchev–Trinajstić information content (AvgIpc) is 3.11. The highest BCUT2D eigenvalue weighted by atomic mass is 16.4. The van der Waals surface area contributed by atoms with Gasteiger partial charge in [0, 0.05) is 25.2 Å². The zero-order chi connectivity index (χ0) is 14.8. The lowest BCUT2D eigenvalue weighted by atomic mass is 9.96. The monoisotopic (exact) mass is 283 g/mol. The first-order chi connectivity index (χ1) is 9.44. The van der Waals surface area contributed by atoms with Gasteiger partial charge in [0.2, 0.25) is 0 Å². The quantitative estimate of drug-likeness (QED) is 0.683. The number of rotatable bonds is 6. The summed E-state index contributed by atoms with van der Waals surface area (Å²) in [6, 6.07) is 0.482. The van der Waals surface area contributed by atoms with Gasteiger partial charge in [-0.05, 0) is 32.6 Å². The molecule has 0 radical (unpaired) electrons. The molecule has 20 heavy (non-hydrogen) atoms. The Morgan fingerprint density at radius 3 is 2.60 bits per heavy atom. The third-order valence-electron chi connectivity index (χ3n) is 4.23. The molecule has 2 aliphatic rings. The molecule has 6 heteroatoms. The number of aliphatic carboxylic acids is 1. The van der Waals surface area contributed by atoms with Crippen molar-refractivity contribution in [1.82, 2.24) is 15.5 Å². The summed E-state index contributed by atoms with van der Waals surface area (Å²) >= 11 is 0. The second-order valence-electron chi connectivity index (χ2n) is 6.20. The van der Waals surface area contributed by atoms with E-state index in [4.69, 9.17) is 0 Å². The molecule has 1 heterocycles. The minimum absolute atomic E-state index is 0.135. The standard InChI is InChI=1S/C14H25N3O3/c1-3-7-14(2,12(18)19)16-13(20)15-10-6-8-17(9-10)11-4-5-11/h10-11H,3-9H2,1-2H3,(H,18,19)(H2,15,16,20). The SMILES string of the molecule is CCCC(C)(NC(=O)NC1CCN(C2CC2)C1)C(=O)O. The van der Waals surface area contributed by atoms with Gasteiger partial charge >= 0.3 is 12.0 Å². The third kappa shape index (κ3) is 3.62. The van der Waals surface area contributed by atoms with Crippen LogP contribution in [0.3, 0.4) is 0 Å². The Hall–Kier alpha value is -1.30. The van der Waals surface area contributed by atoms with Gasteiger partial charge in [-0.25, -0.2) is 9.59 Å². The van der Waals surface area contributed by atoms with Crippen molar-refractivity contribution in [2.24, 2.45) is 0 Å². The normalized spacial score (nSPS) is 26.0. The van der Waals surface area contributed by atoms with Gasteiger partial charge in [0.05, 0.1) is 0 Å². The maximum absolute atomic E-state index is 12.0. The molecule has 114 valence electrons. The minimum atomic E-state index is -1.19. The predicted molar refractivity (Wildman–Crippen MR) is 75.6 cm³/mol. The van der Waals surface area contributed by atoms with Gasteiger partial charge in [-0.3, -0.25) is 4.90 Å². The number of nitrogens with zero attached hydrogens (tertiary/aromatic N) is 1. The maximum Gasteiger partial charge on any atom is 0.329 e. The van der Waals surface area contributed by atoms with Crippen molar-refractivity contribution in [1.29, 1.82) is 0 Å². The summed E-state index contributed by atoms with van der Waals surface area (Å²) in [5.41, 5.74) is -1.19. The van der Waals surface area contributed by atoms with Gasteiger partial charge in [0.1, 0.15) is 5.54 Å². The Labute approximate surface area is 119 Å². The zero-order valence-electron chi connectivity index (χ0n) is 12.3. The lowest BCUT2D eigenvalue weighted by Gasteiger charge is -2.27. The van der Waals surface area contributed by atoms with Crippen molar-refractivity contribution in [2.75, 3.05) is 13.1 Å². The minimum Gasteiger partial charge on any atom is -0.480 e. The number of urea groups is 1. The number of hydrogen-bond donors (Lipinski definition) is 3. The van der Waals surface area contributed by atoms with E-state index in [1.807, 2.05) is 6.92 Å². The molecule has 6 nitrogen and oxygen atoms in total. The molecule has 2 fully saturated rings. The van der Waals surface area contributed by atoms with Gasteiger partial charge in [-0.2, -0.15) is 0 Å². The molecule has 0 spiro atoms. The molecule has 2 atom stereocenters. The molecule has 1 aliphatic heterocycles. The molecule has 1 saturated carbocycles. The fraction of sp³-hybridized carbons (Fsp3) is 0.857. The highest BCUT2D eigenvalue weighted by Crippen LogP contribution is 2.29. The summed E-state index contributed by atoms with van der Waals surface area (Å²) in [6.45, 7) is 5.38. The largest absolute Gasteiger partial charge is 0.480 e. The van der Waals surface area contributed by atoms with Crippen LogP contribution in [0.2, 0.25) is 0 Å². The number of carbonyl (C=O) groups excluding carboxylic acids is 1. The van der Waals surface area contributed by atoms with E-state index in [0.717, 1.165) is 19.5 Å². The number of carboxylic acids is 1. The van der Waals surface area contributed by atoms with Crippen molar-refractivity contribution >= 4 is 12.0 Å². The Morgan fingerprint density at radius 1 is 1.35 bits per heavy atom. The van der Waals surface area contributed by atoms with Crippen molar-refractivity contribution < 1.29 is 14.7 Å². The first kappa shape index (κ1) is 15.1. The number of likely N-dealkylation sites (tertiary alicyclic amines) is 1. The summed E-state index contributed by atoms with van der Waals surface area (Å²) in [5, 5.41) is 14.8. The fourth-order valence-electron chi connectivity index (χ4n) is 2.87. The van der Waals surface area contributed by atoms with E-state index < -0.39 is 11.5 Å². The smallest absolute Gasteiger partial charge is 0.329 e. The molecule has 1 saturated heterocycles. The van der Waals surface area contributed by atoms with E-state index in [-0.39, 0.29) is 12.1 Å².